The minimum atomic E-state index is -3.85. The zero-order chi connectivity index (χ0) is 13.8. The van der Waals surface area contributed by atoms with Gasteiger partial charge in [0.05, 0.1) is 11.5 Å². The lowest BCUT2D eigenvalue weighted by Crippen LogP contribution is -2.25. The maximum Gasteiger partial charge on any atom is 0.375 e. The van der Waals surface area contributed by atoms with Crippen molar-refractivity contribution in [3.05, 3.63) is 29.3 Å². The van der Waals surface area contributed by atoms with Crippen molar-refractivity contribution in [2.75, 3.05) is 12.4 Å². The summed E-state index contributed by atoms with van der Waals surface area (Å²) in [6.07, 6.45) is 0. The van der Waals surface area contributed by atoms with Crippen LogP contribution < -0.4 is 0 Å². The summed E-state index contributed by atoms with van der Waals surface area (Å²) in [5.74, 6) is -3.14. The topological polar surface area (TPSA) is 77.5 Å². The van der Waals surface area contributed by atoms with Crippen molar-refractivity contribution >= 4 is 33.2 Å². The van der Waals surface area contributed by atoms with Crippen molar-refractivity contribution in [3.63, 3.8) is 0 Å². The van der Waals surface area contributed by atoms with Crippen LogP contribution in [0.3, 0.4) is 0 Å². The molecule has 0 atom stereocenters. The molecule has 0 unspecified atom stereocenters. The standard InChI is InChI=1S/C11H11ClO5S/c1-2-17-11(14)10(13)7-18(15,16)9-5-3-8(12)4-6-9/h3-6H,2,7H2,1H3. The predicted molar refractivity (Wildman–Crippen MR) is 65.1 cm³/mol. The third-order valence-corrected chi connectivity index (χ3v) is 3.88. The van der Waals surface area contributed by atoms with Crippen LogP contribution in [0, 0.1) is 0 Å². The smallest absolute Gasteiger partial charge is 0.375 e. The van der Waals surface area contributed by atoms with Gasteiger partial charge >= 0.3 is 5.97 Å². The van der Waals surface area contributed by atoms with Crippen LogP contribution in [0.25, 0.3) is 0 Å². The van der Waals surface area contributed by atoms with Crippen LogP contribution in [-0.4, -0.2) is 32.5 Å². The van der Waals surface area contributed by atoms with Gasteiger partial charge in [-0.25, -0.2) is 13.2 Å². The zero-order valence-corrected chi connectivity index (χ0v) is 11.1. The molecule has 0 saturated carbocycles. The van der Waals surface area contributed by atoms with Gasteiger partial charge in [-0.3, -0.25) is 4.79 Å². The summed E-state index contributed by atoms with van der Waals surface area (Å²) in [5, 5.41) is 0.380. The van der Waals surface area contributed by atoms with Crippen molar-refractivity contribution in [3.8, 4) is 0 Å². The molecule has 5 nitrogen and oxygen atoms in total. The molecule has 1 aromatic rings. The fourth-order valence-corrected chi connectivity index (χ4v) is 2.47. The molecule has 0 aromatic heterocycles. The molecule has 0 aliphatic heterocycles. The van der Waals surface area contributed by atoms with E-state index < -0.39 is 27.3 Å². The van der Waals surface area contributed by atoms with Gasteiger partial charge < -0.3 is 4.74 Å². The van der Waals surface area contributed by atoms with Gasteiger partial charge in [-0.2, -0.15) is 0 Å². The van der Waals surface area contributed by atoms with E-state index in [1.165, 1.54) is 31.2 Å². The normalized spacial score (nSPS) is 11.0. The van der Waals surface area contributed by atoms with Crippen LogP contribution in [0.5, 0.6) is 0 Å². The number of halogens is 1. The van der Waals surface area contributed by atoms with Gasteiger partial charge in [-0.05, 0) is 31.2 Å². The highest BCUT2D eigenvalue weighted by molar-refractivity contribution is 7.92. The molecule has 98 valence electrons. The molecular formula is C11H11ClO5S. The van der Waals surface area contributed by atoms with Crippen LogP contribution >= 0.6 is 11.6 Å². The van der Waals surface area contributed by atoms with E-state index >= 15 is 0 Å². The molecular weight excluding hydrogens is 280 g/mol. The molecule has 7 heteroatoms. The van der Waals surface area contributed by atoms with Gasteiger partial charge in [0.1, 0.15) is 5.75 Å². The lowest BCUT2D eigenvalue weighted by Gasteiger charge is -2.03. The number of carbonyl (C=O) groups excluding carboxylic acids is 2. The molecule has 0 heterocycles. The summed E-state index contributed by atoms with van der Waals surface area (Å²) < 4.78 is 28.0. The summed E-state index contributed by atoms with van der Waals surface area (Å²) in [5.41, 5.74) is 0. The largest absolute Gasteiger partial charge is 0.460 e. The first-order valence-corrected chi connectivity index (χ1v) is 7.08. The van der Waals surface area contributed by atoms with Crippen molar-refractivity contribution in [1.29, 1.82) is 0 Å². The fourth-order valence-electron chi connectivity index (χ4n) is 1.17. The Morgan fingerprint density at radius 2 is 1.78 bits per heavy atom. The van der Waals surface area contributed by atoms with E-state index in [2.05, 4.69) is 4.74 Å². The van der Waals surface area contributed by atoms with Gasteiger partial charge in [0.25, 0.3) is 5.78 Å². The summed E-state index contributed by atoms with van der Waals surface area (Å²) in [4.78, 5) is 22.3. The highest BCUT2D eigenvalue weighted by Gasteiger charge is 2.25. The summed E-state index contributed by atoms with van der Waals surface area (Å²) >= 11 is 5.62. The Balaban J connectivity index is 2.86. The van der Waals surface area contributed by atoms with E-state index in [0.717, 1.165) is 0 Å². The second-order valence-electron chi connectivity index (χ2n) is 3.36. The average molecular weight is 291 g/mol. The quantitative estimate of drug-likeness (QED) is 0.602. The fraction of sp³-hybridized carbons (Fsp3) is 0.273. The number of hydrogen-bond acceptors (Lipinski definition) is 5. The Morgan fingerprint density at radius 1 is 1.22 bits per heavy atom. The Morgan fingerprint density at radius 3 is 2.28 bits per heavy atom. The highest BCUT2D eigenvalue weighted by Crippen LogP contribution is 2.15. The summed E-state index contributed by atoms with van der Waals surface area (Å²) in [7, 11) is -3.85. The minimum absolute atomic E-state index is 0.0194. The van der Waals surface area contributed by atoms with E-state index in [0.29, 0.717) is 5.02 Å². The number of carbonyl (C=O) groups is 2. The third-order valence-electron chi connectivity index (χ3n) is 2.00. The second kappa shape index (κ2) is 5.97. The third kappa shape index (κ3) is 3.82. The van der Waals surface area contributed by atoms with Crippen molar-refractivity contribution in [2.45, 2.75) is 11.8 Å². The lowest BCUT2D eigenvalue weighted by atomic mass is 10.4. The second-order valence-corrected chi connectivity index (χ2v) is 5.78. The SMILES string of the molecule is CCOC(=O)C(=O)CS(=O)(=O)c1ccc(Cl)cc1. The van der Waals surface area contributed by atoms with E-state index in [1.54, 1.807) is 0 Å². The Kier molecular flexibility index (Phi) is 4.86. The number of ether oxygens (including phenoxy) is 1. The van der Waals surface area contributed by atoms with E-state index in [4.69, 9.17) is 11.6 Å². The van der Waals surface area contributed by atoms with Crippen LogP contribution in [0.2, 0.25) is 5.02 Å². The van der Waals surface area contributed by atoms with E-state index in [9.17, 15) is 18.0 Å². The van der Waals surface area contributed by atoms with Crippen LogP contribution in [0.1, 0.15) is 6.92 Å². The number of ketones is 1. The van der Waals surface area contributed by atoms with Crippen molar-refractivity contribution in [2.24, 2.45) is 0 Å². The average Bonchev–Trinajstić information content (AvgIpc) is 2.29. The maximum atomic E-state index is 11.8. The molecule has 0 amide bonds. The lowest BCUT2D eigenvalue weighted by molar-refractivity contribution is -0.152. The maximum absolute atomic E-state index is 11.8. The molecule has 0 fully saturated rings. The number of benzene rings is 1. The molecule has 0 N–H and O–H groups in total. The molecule has 0 saturated heterocycles. The predicted octanol–water partition coefficient (Wildman–Crippen LogP) is 1.25. The number of esters is 1. The van der Waals surface area contributed by atoms with Gasteiger partial charge in [-0.15, -0.1) is 0 Å². The first kappa shape index (κ1) is 14.7. The molecule has 0 aliphatic rings. The summed E-state index contributed by atoms with van der Waals surface area (Å²) in [6, 6.07) is 5.33. The molecule has 1 aromatic carbocycles. The van der Waals surface area contributed by atoms with Gasteiger partial charge in [0, 0.05) is 5.02 Å². The van der Waals surface area contributed by atoms with Gasteiger partial charge in [0.2, 0.25) is 0 Å². The zero-order valence-electron chi connectivity index (χ0n) is 9.55. The summed E-state index contributed by atoms with van der Waals surface area (Å²) in [6.45, 7) is 1.55. The molecule has 0 radical (unpaired) electrons. The Hall–Kier alpha value is -1.40. The van der Waals surface area contributed by atoms with Gasteiger partial charge in [-0.1, -0.05) is 11.6 Å². The number of sulfone groups is 1. The van der Waals surface area contributed by atoms with Crippen molar-refractivity contribution in [1.82, 2.24) is 0 Å². The highest BCUT2D eigenvalue weighted by atomic mass is 35.5. The Bertz CT molecular complexity index is 547. The van der Waals surface area contributed by atoms with Crippen LogP contribution in [0.4, 0.5) is 0 Å². The monoisotopic (exact) mass is 290 g/mol. The molecule has 0 aliphatic carbocycles. The van der Waals surface area contributed by atoms with E-state index in [-0.39, 0.29) is 11.5 Å². The minimum Gasteiger partial charge on any atom is -0.460 e. The number of hydrogen-bond donors (Lipinski definition) is 0. The van der Waals surface area contributed by atoms with Crippen LogP contribution in [-0.2, 0) is 24.2 Å². The molecule has 0 spiro atoms. The van der Waals surface area contributed by atoms with Crippen LogP contribution in [0.15, 0.2) is 29.2 Å². The van der Waals surface area contributed by atoms with Crippen molar-refractivity contribution < 1.29 is 22.7 Å². The molecule has 0 bridgehead atoms. The molecule has 1 rings (SSSR count). The Labute approximate surface area is 110 Å². The van der Waals surface area contributed by atoms with E-state index in [1.807, 2.05) is 0 Å². The van der Waals surface area contributed by atoms with Gasteiger partial charge in [0.15, 0.2) is 9.84 Å². The number of rotatable bonds is 5. The number of Topliss-reactive ketones (excluding diaryl/α,β-unsaturated/α-hetero) is 1. The molecule has 18 heavy (non-hydrogen) atoms. The first-order chi connectivity index (χ1) is 8.36. The first-order valence-electron chi connectivity index (χ1n) is 5.05.